The average Bonchev–Trinajstić information content (AvgIpc) is 3.03. The zero-order chi connectivity index (χ0) is 11.0. The molecule has 1 saturated carbocycles. The van der Waals surface area contributed by atoms with E-state index in [0.29, 0.717) is 11.7 Å². The molecule has 1 atom stereocenters. The molecule has 0 radical (unpaired) electrons. The SMILES string of the molecule is COc1cc(Br)cc([C@H](N)C2CC2)c1O. The van der Waals surface area contributed by atoms with Gasteiger partial charge in [-0.1, -0.05) is 15.9 Å². The van der Waals surface area contributed by atoms with E-state index in [1.54, 1.807) is 6.07 Å². The second-order valence-electron chi connectivity index (χ2n) is 3.91. The predicted molar refractivity (Wildman–Crippen MR) is 62.0 cm³/mol. The van der Waals surface area contributed by atoms with Gasteiger partial charge in [-0.05, 0) is 30.9 Å². The molecule has 0 heterocycles. The highest BCUT2D eigenvalue weighted by Gasteiger charge is 2.31. The largest absolute Gasteiger partial charge is 0.504 e. The summed E-state index contributed by atoms with van der Waals surface area (Å²) in [6.07, 6.45) is 2.30. The van der Waals surface area contributed by atoms with Crippen LogP contribution in [0.3, 0.4) is 0 Å². The molecule has 1 aliphatic carbocycles. The van der Waals surface area contributed by atoms with Crippen molar-refractivity contribution in [3.63, 3.8) is 0 Å². The number of benzene rings is 1. The Morgan fingerprint density at radius 1 is 1.53 bits per heavy atom. The van der Waals surface area contributed by atoms with Gasteiger partial charge in [0, 0.05) is 16.1 Å². The Bertz CT molecular complexity index is 377. The molecule has 3 nitrogen and oxygen atoms in total. The fourth-order valence-electron chi connectivity index (χ4n) is 1.71. The van der Waals surface area contributed by atoms with Crippen molar-refractivity contribution in [1.82, 2.24) is 0 Å². The quantitative estimate of drug-likeness (QED) is 0.889. The highest BCUT2D eigenvalue weighted by Crippen LogP contribution is 2.45. The van der Waals surface area contributed by atoms with Gasteiger partial charge < -0.3 is 15.6 Å². The van der Waals surface area contributed by atoms with Gasteiger partial charge in [0.1, 0.15) is 0 Å². The molecule has 1 aromatic carbocycles. The lowest BCUT2D eigenvalue weighted by atomic mass is 10.0. The summed E-state index contributed by atoms with van der Waals surface area (Å²) in [5, 5.41) is 9.93. The second kappa shape index (κ2) is 4.02. The third-order valence-corrected chi connectivity index (χ3v) is 3.24. The Kier molecular flexibility index (Phi) is 2.89. The Hall–Kier alpha value is -0.740. The number of phenolic OH excluding ortho intramolecular Hbond substituents is 1. The molecule has 4 heteroatoms. The van der Waals surface area contributed by atoms with Crippen molar-refractivity contribution in [3.05, 3.63) is 22.2 Å². The van der Waals surface area contributed by atoms with Crippen LogP contribution in [0.2, 0.25) is 0 Å². The third-order valence-electron chi connectivity index (χ3n) is 2.78. The molecule has 1 aliphatic rings. The molecule has 0 unspecified atom stereocenters. The maximum absolute atomic E-state index is 9.93. The monoisotopic (exact) mass is 271 g/mol. The molecule has 0 spiro atoms. The maximum Gasteiger partial charge on any atom is 0.162 e. The van der Waals surface area contributed by atoms with Crippen LogP contribution in [0.4, 0.5) is 0 Å². The first-order valence-electron chi connectivity index (χ1n) is 4.95. The molecule has 2 rings (SSSR count). The number of ether oxygens (including phenoxy) is 1. The number of aromatic hydroxyl groups is 1. The Labute approximate surface area is 97.4 Å². The summed E-state index contributed by atoms with van der Waals surface area (Å²) < 4.78 is 5.96. The van der Waals surface area contributed by atoms with Crippen LogP contribution in [0, 0.1) is 5.92 Å². The first-order chi connectivity index (χ1) is 7.13. The van der Waals surface area contributed by atoms with Gasteiger partial charge in [0.2, 0.25) is 0 Å². The molecule has 15 heavy (non-hydrogen) atoms. The van der Waals surface area contributed by atoms with Gasteiger partial charge >= 0.3 is 0 Å². The Balaban J connectivity index is 2.40. The van der Waals surface area contributed by atoms with Crippen molar-refractivity contribution in [2.24, 2.45) is 11.7 Å². The highest BCUT2D eigenvalue weighted by atomic mass is 79.9. The summed E-state index contributed by atoms with van der Waals surface area (Å²) in [6, 6.07) is 3.51. The van der Waals surface area contributed by atoms with Crippen molar-refractivity contribution in [2.45, 2.75) is 18.9 Å². The van der Waals surface area contributed by atoms with Gasteiger partial charge in [-0.15, -0.1) is 0 Å². The van der Waals surface area contributed by atoms with E-state index in [0.717, 1.165) is 22.9 Å². The molecule has 82 valence electrons. The standard InChI is InChI=1S/C11H14BrNO2/c1-15-9-5-7(12)4-8(11(9)14)10(13)6-2-3-6/h4-6,10,14H,2-3,13H2,1H3/t10-/m1/s1. The third kappa shape index (κ3) is 2.11. The normalized spacial score (nSPS) is 17.5. The van der Waals surface area contributed by atoms with Gasteiger partial charge in [0.25, 0.3) is 0 Å². The van der Waals surface area contributed by atoms with Gasteiger partial charge in [-0.3, -0.25) is 0 Å². The predicted octanol–water partition coefficient (Wildman–Crippen LogP) is 2.57. The van der Waals surface area contributed by atoms with Gasteiger partial charge in [0.15, 0.2) is 11.5 Å². The van der Waals surface area contributed by atoms with E-state index in [1.165, 1.54) is 7.11 Å². The zero-order valence-electron chi connectivity index (χ0n) is 8.53. The van der Waals surface area contributed by atoms with Crippen molar-refractivity contribution >= 4 is 15.9 Å². The number of halogens is 1. The zero-order valence-corrected chi connectivity index (χ0v) is 10.1. The number of methoxy groups -OCH3 is 1. The Morgan fingerprint density at radius 2 is 2.20 bits per heavy atom. The molecule has 0 saturated heterocycles. The summed E-state index contributed by atoms with van der Waals surface area (Å²) in [5.74, 6) is 1.14. The van der Waals surface area contributed by atoms with Crippen LogP contribution in [0.1, 0.15) is 24.4 Å². The van der Waals surface area contributed by atoms with E-state index < -0.39 is 0 Å². The van der Waals surface area contributed by atoms with E-state index in [2.05, 4.69) is 15.9 Å². The molecule has 0 aromatic heterocycles. The number of nitrogens with two attached hydrogens (primary N) is 1. The van der Waals surface area contributed by atoms with E-state index in [9.17, 15) is 5.11 Å². The molecule has 0 aliphatic heterocycles. The van der Waals surface area contributed by atoms with Crippen molar-refractivity contribution in [3.8, 4) is 11.5 Å². The number of rotatable bonds is 3. The minimum Gasteiger partial charge on any atom is -0.504 e. The summed E-state index contributed by atoms with van der Waals surface area (Å²) in [7, 11) is 1.54. The molecule has 1 aromatic rings. The topological polar surface area (TPSA) is 55.5 Å². The van der Waals surface area contributed by atoms with Crippen LogP contribution in [-0.4, -0.2) is 12.2 Å². The van der Waals surface area contributed by atoms with Crippen LogP contribution in [-0.2, 0) is 0 Å². The first-order valence-corrected chi connectivity index (χ1v) is 5.74. The van der Waals surface area contributed by atoms with Crippen LogP contribution < -0.4 is 10.5 Å². The van der Waals surface area contributed by atoms with E-state index >= 15 is 0 Å². The minimum absolute atomic E-state index is 0.0867. The van der Waals surface area contributed by atoms with Crippen LogP contribution in [0.25, 0.3) is 0 Å². The average molecular weight is 272 g/mol. The fraction of sp³-hybridized carbons (Fsp3) is 0.455. The van der Waals surface area contributed by atoms with Crippen molar-refractivity contribution in [1.29, 1.82) is 0 Å². The fourth-order valence-corrected chi connectivity index (χ4v) is 2.17. The smallest absolute Gasteiger partial charge is 0.162 e. The highest BCUT2D eigenvalue weighted by molar-refractivity contribution is 9.10. The minimum atomic E-state index is -0.0867. The molecular formula is C11H14BrNO2. The van der Waals surface area contributed by atoms with Gasteiger partial charge in [-0.2, -0.15) is 0 Å². The lowest BCUT2D eigenvalue weighted by Crippen LogP contribution is -2.12. The summed E-state index contributed by atoms with van der Waals surface area (Å²) in [4.78, 5) is 0. The van der Waals surface area contributed by atoms with Crippen LogP contribution in [0.5, 0.6) is 11.5 Å². The second-order valence-corrected chi connectivity index (χ2v) is 4.82. The number of phenols is 1. The lowest BCUT2D eigenvalue weighted by molar-refractivity contribution is 0.367. The Morgan fingerprint density at radius 3 is 2.73 bits per heavy atom. The maximum atomic E-state index is 9.93. The van der Waals surface area contributed by atoms with Gasteiger partial charge in [0.05, 0.1) is 7.11 Å². The number of hydrogen-bond acceptors (Lipinski definition) is 3. The summed E-state index contributed by atoms with van der Waals surface area (Å²) in [5.41, 5.74) is 6.82. The lowest BCUT2D eigenvalue weighted by Gasteiger charge is -2.15. The molecular weight excluding hydrogens is 258 g/mol. The summed E-state index contributed by atoms with van der Waals surface area (Å²) >= 11 is 3.38. The van der Waals surface area contributed by atoms with Crippen LogP contribution >= 0.6 is 15.9 Å². The van der Waals surface area contributed by atoms with E-state index in [1.807, 2.05) is 6.07 Å². The van der Waals surface area contributed by atoms with E-state index in [-0.39, 0.29) is 11.8 Å². The first kappa shape index (κ1) is 10.8. The summed E-state index contributed by atoms with van der Waals surface area (Å²) in [6.45, 7) is 0. The van der Waals surface area contributed by atoms with Gasteiger partial charge in [-0.25, -0.2) is 0 Å². The molecule has 3 N–H and O–H groups in total. The van der Waals surface area contributed by atoms with Crippen LogP contribution in [0.15, 0.2) is 16.6 Å². The molecule has 0 amide bonds. The van der Waals surface area contributed by atoms with E-state index in [4.69, 9.17) is 10.5 Å². The van der Waals surface area contributed by atoms with Crippen molar-refractivity contribution in [2.75, 3.05) is 7.11 Å². The number of hydrogen-bond donors (Lipinski definition) is 2. The molecule has 0 bridgehead atoms. The molecule has 1 fully saturated rings. The van der Waals surface area contributed by atoms with Crippen molar-refractivity contribution < 1.29 is 9.84 Å².